The average Bonchev–Trinajstić information content (AvgIpc) is 2.02. The Morgan fingerprint density at radius 2 is 1.38 bits per heavy atom. The van der Waals surface area contributed by atoms with Crippen LogP contribution in [0.25, 0.3) is 0 Å². The number of rotatable bonds is 4. The van der Waals surface area contributed by atoms with Crippen molar-refractivity contribution >= 4 is 0 Å². The first-order valence-corrected chi connectivity index (χ1v) is 2.98. The highest BCUT2D eigenvalue weighted by molar-refractivity contribution is 5.02. The average molecular weight is 210 g/mol. The van der Waals surface area contributed by atoms with Crippen LogP contribution in [0.3, 0.4) is 0 Å². The summed E-state index contributed by atoms with van der Waals surface area (Å²) in [5, 5.41) is 0. The molecule has 0 aromatic rings. The van der Waals surface area contributed by atoms with Gasteiger partial charge in [-0.05, 0) is 6.08 Å². The zero-order valence-electron chi connectivity index (χ0n) is 6.08. The molecule has 0 N–H and O–H groups in total. The predicted octanol–water partition coefficient (Wildman–Crippen LogP) is 3.05. The highest BCUT2D eigenvalue weighted by atomic mass is 19.3. The molecular weight excluding hydrogens is 205 g/mol. The molecule has 0 radical (unpaired) electrons. The third kappa shape index (κ3) is 2.13. The lowest BCUT2D eigenvalue weighted by atomic mass is 10.1. The van der Waals surface area contributed by atoms with Gasteiger partial charge in [0, 0.05) is 0 Å². The molecule has 1 unspecified atom stereocenters. The number of hydrogen-bond acceptors (Lipinski definition) is 0. The topological polar surface area (TPSA) is 0 Å². The molecule has 0 saturated carbocycles. The van der Waals surface area contributed by atoms with Gasteiger partial charge < -0.3 is 0 Å². The standard InChI is InChI=1S/C6H5F7/c1-2-5(10,11)6(12,13)3(7)4(8)9/h2-4H,1H2. The molecule has 0 aliphatic carbocycles. The second-order valence-corrected chi connectivity index (χ2v) is 2.19. The fourth-order valence-corrected chi connectivity index (χ4v) is 0.478. The fraction of sp³-hybridized carbons (Fsp3) is 0.667. The minimum absolute atomic E-state index is 0.567. The molecule has 7 heteroatoms. The summed E-state index contributed by atoms with van der Waals surface area (Å²) in [6, 6.07) is 0. The summed E-state index contributed by atoms with van der Waals surface area (Å²) in [5.74, 6) is -10.4. The van der Waals surface area contributed by atoms with Crippen LogP contribution in [0.4, 0.5) is 30.7 Å². The van der Waals surface area contributed by atoms with E-state index in [0.717, 1.165) is 0 Å². The van der Waals surface area contributed by atoms with E-state index in [1.54, 1.807) is 0 Å². The molecule has 78 valence electrons. The first kappa shape index (κ1) is 12.2. The summed E-state index contributed by atoms with van der Waals surface area (Å²) in [6.07, 6.45) is -8.94. The minimum Gasteiger partial charge on any atom is -0.234 e. The molecule has 13 heavy (non-hydrogen) atoms. The summed E-state index contributed by atoms with van der Waals surface area (Å²) in [6.45, 7) is 2.30. The van der Waals surface area contributed by atoms with Crippen LogP contribution in [-0.4, -0.2) is 24.4 Å². The molecule has 0 heterocycles. The molecule has 0 aliphatic rings. The van der Waals surface area contributed by atoms with Crippen LogP contribution in [0, 0.1) is 0 Å². The number of alkyl halides is 7. The molecule has 0 aliphatic heterocycles. The maximum atomic E-state index is 12.2. The molecule has 0 saturated heterocycles. The number of hydrogen-bond donors (Lipinski definition) is 0. The van der Waals surface area contributed by atoms with Gasteiger partial charge in [0.1, 0.15) is 0 Å². The Balaban J connectivity index is 4.84. The third-order valence-corrected chi connectivity index (χ3v) is 1.27. The molecule has 0 aromatic carbocycles. The fourth-order valence-electron chi connectivity index (χ4n) is 0.478. The van der Waals surface area contributed by atoms with E-state index in [0.29, 0.717) is 0 Å². The predicted molar refractivity (Wildman–Crippen MR) is 31.0 cm³/mol. The van der Waals surface area contributed by atoms with Gasteiger partial charge >= 0.3 is 11.8 Å². The number of allylic oxidation sites excluding steroid dienone is 1. The van der Waals surface area contributed by atoms with Gasteiger partial charge in [-0.3, -0.25) is 0 Å². The van der Waals surface area contributed by atoms with Crippen molar-refractivity contribution in [2.24, 2.45) is 0 Å². The van der Waals surface area contributed by atoms with E-state index in [4.69, 9.17) is 0 Å². The van der Waals surface area contributed by atoms with E-state index >= 15 is 0 Å². The first-order valence-electron chi connectivity index (χ1n) is 2.98. The van der Waals surface area contributed by atoms with Crippen LogP contribution in [0.2, 0.25) is 0 Å². The lowest BCUT2D eigenvalue weighted by Crippen LogP contribution is -2.49. The van der Waals surface area contributed by atoms with Gasteiger partial charge in [0.2, 0.25) is 6.17 Å². The Kier molecular flexibility index (Phi) is 3.34. The first-order chi connectivity index (χ1) is 5.66. The summed E-state index contributed by atoms with van der Waals surface area (Å²) in [7, 11) is 0. The monoisotopic (exact) mass is 210 g/mol. The van der Waals surface area contributed by atoms with Gasteiger partial charge in [-0.1, -0.05) is 6.58 Å². The molecular formula is C6H5F7. The van der Waals surface area contributed by atoms with Crippen molar-refractivity contribution in [3.05, 3.63) is 12.7 Å². The second kappa shape index (κ2) is 3.55. The van der Waals surface area contributed by atoms with Crippen LogP contribution < -0.4 is 0 Å². The van der Waals surface area contributed by atoms with Crippen LogP contribution in [-0.2, 0) is 0 Å². The largest absolute Gasteiger partial charge is 0.349 e. The van der Waals surface area contributed by atoms with E-state index in [2.05, 4.69) is 6.58 Å². The molecule has 0 fully saturated rings. The maximum Gasteiger partial charge on any atom is 0.349 e. The van der Waals surface area contributed by atoms with E-state index in [1.165, 1.54) is 0 Å². The van der Waals surface area contributed by atoms with Crippen molar-refractivity contribution in [2.45, 2.75) is 24.4 Å². The molecule has 0 aromatic heterocycles. The van der Waals surface area contributed by atoms with Gasteiger partial charge in [0.25, 0.3) is 6.43 Å². The maximum absolute atomic E-state index is 12.2. The van der Waals surface area contributed by atoms with E-state index in [1.807, 2.05) is 0 Å². The van der Waals surface area contributed by atoms with Gasteiger partial charge in [-0.15, -0.1) is 0 Å². The Morgan fingerprint density at radius 1 is 1.00 bits per heavy atom. The Bertz CT molecular complexity index is 185. The van der Waals surface area contributed by atoms with Gasteiger partial charge in [-0.2, -0.15) is 17.6 Å². The summed E-state index contributed by atoms with van der Waals surface area (Å²) >= 11 is 0. The Hall–Kier alpha value is -0.750. The van der Waals surface area contributed by atoms with E-state index in [-0.39, 0.29) is 0 Å². The van der Waals surface area contributed by atoms with Crippen LogP contribution in [0.15, 0.2) is 12.7 Å². The highest BCUT2D eigenvalue weighted by Crippen LogP contribution is 2.41. The van der Waals surface area contributed by atoms with Crippen molar-refractivity contribution in [1.82, 2.24) is 0 Å². The lowest BCUT2D eigenvalue weighted by Gasteiger charge is -2.25. The summed E-state index contributed by atoms with van der Waals surface area (Å²) in [4.78, 5) is 0. The van der Waals surface area contributed by atoms with Gasteiger partial charge in [0.05, 0.1) is 0 Å². The Labute approximate surface area is 69.0 Å². The van der Waals surface area contributed by atoms with Gasteiger partial charge in [-0.25, -0.2) is 13.2 Å². The normalized spacial score (nSPS) is 16.0. The van der Waals surface area contributed by atoms with Crippen LogP contribution in [0.1, 0.15) is 0 Å². The van der Waals surface area contributed by atoms with Crippen molar-refractivity contribution in [3.8, 4) is 0 Å². The Morgan fingerprint density at radius 3 is 1.62 bits per heavy atom. The smallest absolute Gasteiger partial charge is 0.234 e. The molecule has 0 bridgehead atoms. The lowest BCUT2D eigenvalue weighted by molar-refractivity contribution is -0.235. The van der Waals surface area contributed by atoms with E-state index < -0.39 is 30.5 Å². The molecule has 1 atom stereocenters. The molecule has 0 spiro atoms. The molecule has 0 nitrogen and oxygen atoms in total. The number of halogens is 7. The summed E-state index contributed by atoms with van der Waals surface area (Å²) in [5.41, 5.74) is 0. The SMILES string of the molecule is C=CC(F)(F)C(F)(F)C(F)C(F)F. The van der Waals surface area contributed by atoms with Crippen molar-refractivity contribution in [3.63, 3.8) is 0 Å². The minimum atomic E-state index is -5.44. The third-order valence-electron chi connectivity index (χ3n) is 1.27. The van der Waals surface area contributed by atoms with Crippen LogP contribution in [0.5, 0.6) is 0 Å². The van der Waals surface area contributed by atoms with Gasteiger partial charge in [0.15, 0.2) is 0 Å². The highest BCUT2D eigenvalue weighted by Gasteiger charge is 2.62. The molecule has 0 rings (SSSR count). The van der Waals surface area contributed by atoms with Crippen molar-refractivity contribution in [2.75, 3.05) is 0 Å². The van der Waals surface area contributed by atoms with E-state index in [9.17, 15) is 30.7 Å². The van der Waals surface area contributed by atoms with Crippen LogP contribution >= 0.6 is 0 Å². The quantitative estimate of drug-likeness (QED) is 0.494. The molecule has 0 amide bonds. The summed E-state index contributed by atoms with van der Waals surface area (Å²) < 4.78 is 83.2. The second-order valence-electron chi connectivity index (χ2n) is 2.19. The zero-order chi connectivity index (χ0) is 10.9. The zero-order valence-corrected chi connectivity index (χ0v) is 6.08. The van der Waals surface area contributed by atoms with Crippen molar-refractivity contribution in [1.29, 1.82) is 0 Å². The van der Waals surface area contributed by atoms with Crippen molar-refractivity contribution < 1.29 is 30.7 Å².